The topological polar surface area (TPSA) is 83.6 Å². The Hall–Kier alpha value is -2.45. The number of aromatic nitrogens is 1. The van der Waals surface area contributed by atoms with Crippen LogP contribution in [0.15, 0.2) is 47.6 Å². The summed E-state index contributed by atoms with van der Waals surface area (Å²) in [5, 5.41) is 2.75. The number of pyridine rings is 1. The first-order valence-corrected chi connectivity index (χ1v) is 9.29. The molecule has 1 aromatic carbocycles. The van der Waals surface area contributed by atoms with Crippen LogP contribution in [0.2, 0.25) is 0 Å². The van der Waals surface area contributed by atoms with Crippen LogP contribution >= 0.6 is 11.9 Å². The van der Waals surface area contributed by atoms with Gasteiger partial charge in [0.25, 0.3) is 5.91 Å². The van der Waals surface area contributed by atoms with Gasteiger partial charge in [-0.15, -0.1) is 0 Å². The average molecular weight is 387 g/mol. The van der Waals surface area contributed by atoms with Crippen molar-refractivity contribution in [3.05, 3.63) is 59.7 Å². The number of anilines is 1. The largest absolute Gasteiger partial charge is 0.386 e. The first kappa shape index (κ1) is 19.3. The predicted molar refractivity (Wildman–Crippen MR) is 107 cm³/mol. The summed E-state index contributed by atoms with van der Waals surface area (Å²) < 4.78 is 16.2. The van der Waals surface area contributed by atoms with Gasteiger partial charge in [0.1, 0.15) is 17.3 Å². The third kappa shape index (κ3) is 4.45. The molecule has 1 unspecified atom stereocenters. The Balaban J connectivity index is 1.89. The molecule has 1 aromatic heterocycles. The lowest BCUT2D eigenvalue weighted by Crippen LogP contribution is -2.36. The number of halogens is 1. The van der Waals surface area contributed by atoms with Crippen LogP contribution in [0.25, 0.3) is 0 Å². The SMILES string of the molecule is CN1CC(c2cc(NC(=O)c3ccccn3)ccc2F)N=C(N)C(C)(C)S1. The van der Waals surface area contributed by atoms with E-state index in [1.165, 1.54) is 12.1 Å². The van der Waals surface area contributed by atoms with Crippen LogP contribution in [0.1, 0.15) is 35.9 Å². The minimum absolute atomic E-state index is 0.290. The summed E-state index contributed by atoms with van der Waals surface area (Å²) in [5.74, 6) is -0.277. The fourth-order valence-electron chi connectivity index (χ4n) is 2.82. The molecular formula is C19H22FN5OS. The molecule has 2 heterocycles. The molecule has 0 fully saturated rings. The van der Waals surface area contributed by atoms with Crippen molar-refractivity contribution in [2.24, 2.45) is 10.7 Å². The highest BCUT2D eigenvalue weighted by atomic mass is 32.2. The van der Waals surface area contributed by atoms with Crippen molar-refractivity contribution >= 4 is 29.4 Å². The van der Waals surface area contributed by atoms with Crippen molar-refractivity contribution in [3.63, 3.8) is 0 Å². The molecule has 1 aliphatic rings. The number of nitrogens with zero attached hydrogens (tertiary/aromatic N) is 3. The summed E-state index contributed by atoms with van der Waals surface area (Å²) in [6, 6.07) is 9.08. The molecule has 8 heteroatoms. The summed E-state index contributed by atoms with van der Waals surface area (Å²) in [5.41, 5.74) is 7.31. The van der Waals surface area contributed by atoms with Crippen molar-refractivity contribution in [1.82, 2.24) is 9.29 Å². The van der Waals surface area contributed by atoms with Gasteiger partial charge in [0, 0.05) is 24.0 Å². The number of carbonyl (C=O) groups excluding carboxylic acids is 1. The van der Waals surface area contributed by atoms with Crippen molar-refractivity contribution in [3.8, 4) is 0 Å². The van der Waals surface area contributed by atoms with E-state index in [1.807, 2.05) is 25.2 Å². The molecule has 3 rings (SSSR count). The lowest BCUT2D eigenvalue weighted by Gasteiger charge is -2.25. The highest BCUT2D eigenvalue weighted by molar-refractivity contribution is 7.99. The highest BCUT2D eigenvalue weighted by Gasteiger charge is 2.32. The zero-order valence-electron chi connectivity index (χ0n) is 15.4. The number of rotatable bonds is 3. The predicted octanol–water partition coefficient (Wildman–Crippen LogP) is 3.24. The molecule has 2 aromatic rings. The molecule has 1 amide bonds. The van der Waals surface area contributed by atoms with Crippen LogP contribution in [0.5, 0.6) is 0 Å². The van der Waals surface area contributed by atoms with Crippen molar-refractivity contribution in [2.45, 2.75) is 24.6 Å². The Bertz CT molecular complexity index is 872. The summed E-state index contributed by atoms with van der Waals surface area (Å²) in [6.45, 7) is 4.47. The van der Waals surface area contributed by atoms with E-state index < -0.39 is 6.04 Å². The maximum atomic E-state index is 14.5. The highest BCUT2D eigenvalue weighted by Crippen LogP contribution is 2.35. The van der Waals surface area contributed by atoms with Crippen LogP contribution in [0, 0.1) is 5.82 Å². The number of amides is 1. The minimum Gasteiger partial charge on any atom is -0.386 e. The monoisotopic (exact) mass is 387 g/mol. The molecule has 0 aliphatic carbocycles. The molecule has 142 valence electrons. The van der Waals surface area contributed by atoms with Crippen LogP contribution < -0.4 is 11.1 Å². The number of hydrogen-bond acceptors (Lipinski definition) is 6. The number of likely N-dealkylation sites (N-methyl/N-ethyl adjacent to an activating group) is 1. The lowest BCUT2D eigenvalue weighted by atomic mass is 10.0. The maximum Gasteiger partial charge on any atom is 0.274 e. The zero-order valence-corrected chi connectivity index (χ0v) is 16.3. The van der Waals surface area contributed by atoms with Gasteiger partial charge in [-0.2, -0.15) is 0 Å². The Morgan fingerprint density at radius 3 is 2.85 bits per heavy atom. The molecule has 1 atom stereocenters. The molecule has 1 aliphatic heterocycles. The molecule has 6 nitrogen and oxygen atoms in total. The Morgan fingerprint density at radius 2 is 2.15 bits per heavy atom. The molecular weight excluding hydrogens is 365 g/mol. The average Bonchev–Trinajstić information content (AvgIpc) is 2.72. The van der Waals surface area contributed by atoms with E-state index in [-0.39, 0.29) is 22.2 Å². The smallest absolute Gasteiger partial charge is 0.274 e. The quantitative estimate of drug-likeness (QED) is 0.790. The number of nitrogens with two attached hydrogens (primary N) is 1. The molecule has 3 N–H and O–H groups in total. The number of hydrogen-bond donors (Lipinski definition) is 2. The lowest BCUT2D eigenvalue weighted by molar-refractivity contribution is 0.102. The van der Waals surface area contributed by atoms with E-state index in [2.05, 4.69) is 15.3 Å². The van der Waals surface area contributed by atoms with Gasteiger partial charge in [-0.05, 0) is 51.2 Å². The Kier molecular flexibility index (Phi) is 5.48. The van der Waals surface area contributed by atoms with E-state index in [0.29, 0.717) is 23.6 Å². The summed E-state index contributed by atoms with van der Waals surface area (Å²) in [4.78, 5) is 20.9. The van der Waals surface area contributed by atoms with Crippen LogP contribution in [-0.4, -0.2) is 39.4 Å². The van der Waals surface area contributed by atoms with E-state index in [9.17, 15) is 9.18 Å². The second kappa shape index (κ2) is 7.66. The zero-order chi connectivity index (χ0) is 19.6. The molecule has 0 bridgehead atoms. The second-order valence-corrected chi connectivity index (χ2v) is 8.67. The third-order valence-corrected chi connectivity index (χ3v) is 5.36. The van der Waals surface area contributed by atoms with E-state index >= 15 is 0 Å². The Labute approximate surface area is 162 Å². The minimum atomic E-state index is -0.462. The van der Waals surface area contributed by atoms with Gasteiger partial charge in [0.15, 0.2) is 0 Å². The summed E-state index contributed by atoms with van der Waals surface area (Å²) in [6.07, 6.45) is 1.54. The fraction of sp³-hybridized carbons (Fsp3) is 0.316. The van der Waals surface area contributed by atoms with E-state index in [0.717, 1.165) is 0 Å². The number of carbonyl (C=O) groups is 1. The standard InChI is InChI=1S/C19H22FN5OS/c1-19(2)18(21)24-16(11-25(3)27-19)13-10-12(7-8-14(13)20)23-17(26)15-6-4-5-9-22-15/h4-10,16H,11H2,1-3H3,(H2,21,24)(H,23,26). The van der Waals surface area contributed by atoms with Gasteiger partial charge in [-0.25, -0.2) is 4.39 Å². The van der Waals surface area contributed by atoms with Crippen molar-refractivity contribution < 1.29 is 9.18 Å². The summed E-state index contributed by atoms with van der Waals surface area (Å²) >= 11 is 1.57. The number of benzene rings is 1. The first-order chi connectivity index (χ1) is 12.8. The molecule has 0 saturated carbocycles. The van der Waals surface area contributed by atoms with Gasteiger partial charge in [-0.1, -0.05) is 18.0 Å². The second-order valence-electron chi connectivity index (χ2n) is 6.85. The van der Waals surface area contributed by atoms with Crippen LogP contribution in [-0.2, 0) is 0 Å². The van der Waals surface area contributed by atoms with Crippen LogP contribution in [0.4, 0.5) is 10.1 Å². The molecule has 0 radical (unpaired) electrons. The first-order valence-electron chi connectivity index (χ1n) is 8.52. The van der Waals surface area contributed by atoms with Gasteiger partial charge >= 0.3 is 0 Å². The van der Waals surface area contributed by atoms with E-state index in [1.54, 1.807) is 42.4 Å². The number of aliphatic imine (C=N–C) groups is 1. The van der Waals surface area contributed by atoms with Gasteiger partial charge in [-0.3, -0.25) is 19.1 Å². The third-order valence-electron chi connectivity index (χ3n) is 4.24. The van der Waals surface area contributed by atoms with Gasteiger partial charge in [0.05, 0.1) is 10.8 Å². The maximum absolute atomic E-state index is 14.5. The summed E-state index contributed by atoms with van der Waals surface area (Å²) in [7, 11) is 1.93. The van der Waals surface area contributed by atoms with Crippen molar-refractivity contribution in [2.75, 3.05) is 18.9 Å². The molecule has 0 saturated heterocycles. The number of nitrogens with one attached hydrogen (secondary N) is 1. The fourth-order valence-corrected chi connectivity index (χ4v) is 3.96. The molecule has 0 spiro atoms. The van der Waals surface area contributed by atoms with E-state index in [4.69, 9.17) is 5.73 Å². The number of amidine groups is 1. The van der Waals surface area contributed by atoms with Crippen molar-refractivity contribution in [1.29, 1.82) is 0 Å². The normalized spacial score (nSPS) is 19.9. The molecule has 27 heavy (non-hydrogen) atoms. The van der Waals surface area contributed by atoms with Gasteiger partial charge in [0.2, 0.25) is 0 Å². The van der Waals surface area contributed by atoms with Gasteiger partial charge < -0.3 is 11.1 Å². The Morgan fingerprint density at radius 1 is 1.37 bits per heavy atom. The van der Waals surface area contributed by atoms with Crippen LogP contribution in [0.3, 0.4) is 0 Å².